The molecule has 1 N–H and O–H groups in total. The monoisotopic (exact) mass is 510 g/mol. The van der Waals surface area contributed by atoms with Crippen molar-refractivity contribution in [2.75, 3.05) is 10.2 Å². The molecule has 0 radical (unpaired) electrons. The number of esters is 1. The Kier molecular flexibility index (Phi) is 6.04. The first-order valence-electron chi connectivity index (χ1n) is 8.40. The first kappa shape index (κ1) is 20.3. The van der Waals surface area contributed by atoms with Crippen LogP contribution < -0.4 is 10.2 Å². The molecule has 0 unspecified atom stereocenters. The molecule has 0 saturated carbocycles. The summed E-state index contributed by atoms with van der Waals surface area (Å²) in [6.45, 7) is 3.54. The zero-order chi connectivity index (χ0) is 20.4. The number of halogens is 2. The molecule has 2 amide bonds. The maximum atomic E-state index is 12.7. The lowest BCUT2D eigenvalue weighted by molar-refractivity contribution is -0.120. The van der Waals surface area contributed by atoms with E-state index >= 15 is 0 Å². The van der Waals surface area contributed by atoms with Gasteiger partial charge in [-0.3, -0.25) is 9.59 Å². The summed E-state index contributed by atoms with van der Waals surface area (Å²) in [5.41, 5.74) is 1.33. The number of hydrogen-bond donors (Lipinski definition) is 1. The lowest BCUT2D eigenvalue weighted by atomic mass is 10.2. The molecule has 1 aliphatic heterocycles. The van der Waals surface area contributed by atoms with Crippen LogP contribution in [0.4, 0.5) is 11.4 Å². The molecule has 3 rings (SSSR count). The van der Waals surface area contributed by atoms with Crippen LogP contribution in [0.3, 0.4) is 0 Å². The summed E-state index contributed by atoms with van der Waals surface area (Å²) < 4.78 is 6.11. The number of carbonyl (C=O) groups excluding carboxylic acids is 3. The van der Waals surface area contributed by atoms with E-state index in [2.05, 4.69) is 27.9 Å². The maximum absolute atomic E-state index is 12.7. The highest BCUT2D eigenvalue weighted by atomic mass is 127. The Morgan fingerprint density at radius 1 is 1.04 bits per heavy atom. The van der Waals surface area contributed by atoms with E-state index in [0.29, 0.717) is 16.9 Å². The molecule has 1 aliphatic rings. The summed E-state index contributed by atoms with van der Waals surface area (Å²) in [5, 5.41) is 2.68. The number of hydrogen-bond acceptors (Lipinski definition) is 5. The maximum Gasteiger partial charge on any atom is 0.338 e. The zero-order valence-corrected chi connectivity index (χ0v) is 17.9. The third-order valence-electron chi connectivity index (χ3n) is 3.84. The quantitative estimate of drug-likeness (QED) is 0.369. The normalized spacial score (nSPS) is 14.1. The number of ether oxygens (including phenoxy) is 1. The Morgan fingerprint density at radius 2 is 1.64 bits per heavy atom. The van der Waals surface area contributed by atoms with Gasteiger partial charge in [0.05, 0.1) is 17.4 Å². The summed E-state index contributed by atoms with van der Waals surface area (Å²) >= 11 is 8.25. The van der Waals surface area contributed by atoms with Crippen molar-refractivity contribution in [1.82, 2.24) is 0 Å². The predicted octanol–water partition coefficient (Wildman–Crippen LogP) is 4.29. The first-order valence-corrected chi connectivity index (χ1v) is 9.86. The Morgan fingerprint density at radius 3 is 2.21 bits per heavy atom. The Balaban J connectivity index is 1.78. The van der Waals surface area contributed by atoms with Crippen LogP contribution in [0.2, 0.25) is 0 Å². The van der Waals surface area contributed by atoms with Crippen molar-refractivity contribution < 1.29 is 19.1 Å². The van der Waals surface area contributed by atoms with Crippen molar-refractivity contribution in [3.05, 3.63) is 68.4 Å². The summed E-state index contributed by atoms with van der Waals surface area (Å²) in [6, 6.07) is 13.3. The van der Waals surface area contributed by atoms with Gasteiger partial charge in [0.2, 0.25) is 0 Å². The lowest BCUT2D eigenvalue weighted by Gasteiger charge is -2.15. The van der Waals surface area contributed by atoms with E-state index < -0.39 is 17.8 Å². The zero-order valence-electron chi connectivity index (χ0n) is 15.0. The molecule has 8 heteroatoms. The standard InChI is InChI=1S/C20H16ClIN2O4/c1-11(2)28-20(27)12-3-7-14(8-4-12)23-17-16(21)18(25)24(19(17)26)15-9-5-13(22)6-10-15/h3-11,23H,1-2H3. The molecule has 0 saturated heterocycles. The third-order valence-corrected chi connectivity index (χ3v) is 4.91. The second-order valence-electron chi connectivity index (χ2n) is 6.27. The number of nitrogens with zero attached hydrogens (tertiary/aromatic N) is 1. The van der Waals surface area contributed by atoms with E-state index in [1.54, 1.807) is 62.4 Å². The molecular weight excluding hydrogens is 495 g/mol. The largest absolute Gasteiger partial charge is 0.459 e. The molecule has 144 valence electrons. The number of carbonyl (C=O) groups is 3. The Bertz CT molecular complexity index is 969. The van der Waals surface area contributed by atoms with Crippen LogP contribution in [0.1, 0.15) is 24.2 Å². The Labute approximate surface area is 180 Å². The minimum atomic E-state index is -0.590. The topological polar surface area (TPSA) is 75.7 Å². The average Bonchev–Trinajstić information content (AvgIpc) is 2.86. The van der Waals surface area contributed by atoms with E-state index in [0.717, 1.165) is 8.47 Å². The molecule has 0 fully saturated rings. The van der Waals surface area contributed by atoms with Gasteiger partial charge < -0.3 is 10.1 Å². The molecule has 0 bridgehead atoms. The van der Waals surface area contributed by atoms with Crippen molar-refractivity contribution in [1.29, 1.82) is 0 Å². The number of benzene rings is 2. The molecule has 2 aromatic carbocycles. The summed E-state index contributed by atoms with van der Waals surface area (Å²) in [4.78, 5) is 38.1. The van der Waals surface area contributed by atoms with E-state index in [4.69, 9.17) is 16.3 Å². The van der Waals surface area contributed by atoms with Gasteiger partial charge >= 0.3 is 5.97 Å². The highest BCUT2D eigenvalue weighted by molar-refractivity contribution is 14.1. The van der Waals surface area contributed by atoms with E-state index in [1.807, 2.05) is 0 Å². The van der Waals surface area contributed by atoms with Gasteiger partial charge in [0.1, 0.15) is 10.7 Å². The van der Waals surface area contributed by atoms with E-state index in [-0.39, 0.29) is 16.8 Å². The molecule has 0 aromatic heterocycles. The second kappa shape index (κ2) is 8.32. The molecule has 28 heavy (non-hydrogen) atoms. The fraction of sp³-hybridized carbons (Fsp3) is 0.150. The average molecular weight is 511 g/mol. The van der Waals surface area contributed by atoms with Crippen LogP contribution in [0, 0.1) is 3.57 Å². The summed E-state index contributed by atoms with van der Waals surface area (Å²) in [5.74, 6) is -1.57. The van der Waals surface area contributed by atoms with Crippen molar-refractivity contribution in [2.45, 2.75) is 20.0 Å². The third kappa shape index (κ3) is 4.20. The van der Waals surface area contributed by atoms with Gasteiger partial charge in [0, 0.05) is 9.26 Å². The van der Waals surface area contributed by atoms with Gasteiger partial charge in [-0.05, 0) is 85.0 Å². The lowest BCUT2D eigenvalue weighted by Crippen LogP contribution is -2.32. The first-order chi connectivity index (χ1) is 13.3. The number of imide groups is 1. The van der Waals surface area contributed by atoms with E-state index in [1.165, 1.54) is 0 Å². The molecule has 0 aliphatic carbocycles. The summed E-state index contributed by atoms with van der Waals surface area (Å²) in [7, 11) is 0. The van der Waals surface area contributed by atoms with Gasteiger partial charge in [0.25, 0.3) is 11.8 Å². The van der Waals surface area contributed by atoms with Gasteiger partial charge in [-0.2, -0.15) is 0 Å². The van der Waals surface area contributed by atoms with Crippen molar-refractivity contribution in [2.24, 2.45) is 0 Å². The molecule has 1 heterocycles. The molecule has 2 aromatic rings. The van der Waals surface area contributed by atoms with Crippen LogP contribution in [0.25, 0.3) is 0 Å². The SMILES string of the molecule is CC(C)OC(=O)c1ccc(NC2=C(Cl)C(=O)N(c3ccc(I)cc3)C2=O)cc1. The van der Waals surface area contributed by atoms with Crippen molar-refractivity contribution in [3.8, 4) is 0 Å². The number of rotatable bonds is 5. The van der Waals surface area contributed by atoms with Gasteiger partial charge in [-0.15, -0.1) is 0 Å². The molecule has 6 nitrogen and oxygen atoms in total. The fourth-order valence-corrected chi connectivity index (χ4v) is 3.12. The molecule has 0 atom stereocenters. The minimum absolute atomic E-state index is 0.0114. The number of nitrogens with one attached hydrogen (secondary N) is 1. The van der Waals surface area contributed by atoms with Gasteiger partial charge in [-0.25, -0.2) is 9.69 Å². The van der Waals surface area contributed by atoms with Crippen molar-refractivity contribution >= 4 is 63.4 Å². The predicted molar refractivity (Wildman–Crippen MR) is 115 cm³/mol. The molecule has 0 spiro atoms. The minimum Gasteiger partial charge on any atom is -0.459 e. The van der Waals surface area contributed by atoms with Crippen LogP contribution in [-0.4, -0.2) is 23.9 Å². The van der Waals surface area contributed by atoms with Crippen LogP contribution in [0.5, 0.6) is 0 Å². The smallest absolute Gasteiger partial charge is 0.338 e. The number of amides is 2. The van der Waals surface area contributed by atoms with Crippen LogP contribution in [-0.2, 0) is 14.3 Å². The van der Waals surface area contributed by atoms with Crippen molar-refractivity contribution in [3.63, 3.8) is 0 Å². The van der Waals surface area contributed by atoms with Gasteiger partial charge in [-0.1, -0.05) is 11.6 Å². The van der Waals surface area contributed by atoms with Gasteiger partial charge in [0.15, 0.2) is 0 Å². The molecular formula is C20H16ClIN2O4. The number of anilines is 2. The van der Waals surface area contributed by atoms with Crippen LogP contribution in [0.15, 0.2) is 59.3 Å². The van der Waals surface area contributed by atoms with E-state index in [9.17, 15) is 14.4 Å². The van der Waals surface area contributed by atoms with Crippen LogP contribution >= 0.6 is 34.2 Å². The highest BCUT2D eigenvalue weighted by Gasteiger charge is 2.38. The second-order valence-corrected chi connectivity index (χ2v) is 7.89. The Hall–Kier alpha value is -2.39. The fourth-order valence-electron chi connectivity index (χ4n) is 2.55. The highest BCUT2D eigenvalue weighted by Crippen LogP contribution is 2.30. The summed E-state index contributed by atoms with van der Waals surface area (Å²) in [6.07, 6.45) is -0.219.